The molecule has 0 aromatic rings. The van der Waals surface area contributed by atoms with E-state index in [1.54, 1.807) is 6.92 Å². The van der Waals surface area contributed by atoms with Gasteiger partial charge in [0.25, 0.3) is 0 Å². The van der Waals surface area contributed by atoms with Crippen molar-refractivity contribution in [3.05, 3.63) is 12.8 Å². The van der Waals surface area contributed by atoms with E-state index < -0.39 is 0 Å². The third kappa shape index (κ3) is 11.0. The molecule has 0 atom stereocenters. The van der Waals surface area contributed by atoms with Crippen LogP contribution in [-0.4, -0.2) is 45.6 Å². The van der Waals surface area contributed by atoms with Crippen LogP contribution in [0, 0.1) is 0 Å². The molecule has 0 aliphatic heterocycles. The van der Waals surface area contributed by atoms with Gasteiger partial charge < -0.3 is 18.9 Å². The molecule has 0 saturated carbocycles. The lowest BCUT2D eigenvalue weighted by Gasteiger charge is -2.05. The number of carbonyl (C=O) groups excluding carboxylic acids is 1. The highest BCUT2D eigenvalue weighted by atomic mass is 16.5. The van der Waals surface area contributed by atoms with E-state index in [4.69, 9.17) is 18.9 Å². The molecule has 0 heterocycles. The molecule has 0 fully saturated rings. The van der Waals surface area contributed by atoms with Crippen molar-refractivity contribution in [3.8, 4) is 0 Å². The number of esters is 1. The Balaban J connectivity index is 3.03. The summed E-state index contributed by atoms with van der Waals surface area (Å²) in [6.45, 7) is 7.91. The van der Waals surface area contributed by atoms with E-state index in [2.05, 4.69) is 6.58 Å². The highest BCUT2D eigenvalue weighted by molar-refractivity contribution is 5.69. The van der Waals surface area contributed by atoms with E-state index in [1.807, 2.05) is 0 Å². The molecule has 0 bridgehead atoms. The van der Waals surface area contributed by atoms with Crippen molar-refractivity contribution in [1.82, 2.24) is 0 Å². The van der Waals surface area contributed by atoms with Crippen LogP contribution in [0.25, 0.3) is 0 Å². The van der Waals surface area contributed by atoms with Crippen LogP contribution in [0.3, 0.4) is 0 Å². The fourth-order valence-corrected chi connectivity index (χ4v) is 0.901. The van der Waals surface area contributed by atoms with Crippen molar-refractivity contribution in [2.75, 3.05) is 39.6 Å². The minimum atomic E-state index is -0.234. The van der Waals surface area contributed by atoms with E-state index in [1.165, 1.54) is 6.26 Å². The Morgan fingerprint density at radius 1 is 1.12 bits per heavy atom. The van der Waals surface area contributed by atoms with Gasteiger partial charge >= 0.3 is 5.97 Å². The zero-order chi connectivity index (χ0) is 12.1. The summed E-state index contributed by atoms with van der Waals surface area (Å²) >= 11 is 0. The quantitative estimate of drug-likeness (QED) is 0.304. The Bertz CT molecular complexity index is 181. The largest absolute Gasteiger partial charge is 0.499 e. The van der Waals surface area contributed by atoms with E-state index in [0.29, 0.717) is 39.6 Å². The van der Waals surface area contributed by atoms with E-state index >= 15 is 0 Å². The van der Waals surface area contributed by atoms with Gasteiger partial charge in [0.05, 0.1) is 45.7 Å². The fourth-order valence-electron chi connectivity index (χ4n) is 0.901. The fraction of sp³-hybridized carbons (Fsp3) is 0.727. The Hall–Kier alpha value is -1.07. The molecular formula is C11H20O5. The molecule has 0 N–H and O–H groups in total. The van der Waals surface area contributed by atoms with E-state index in [-0.39, 0.29) is 12.4 Å². The normalized spacial score (nSPS) is 9.81. The molecule has 0 aromatic heterocycles. The first-order valence-corrected chi connectivity index (χ1v) is 5.34. The maximum atomic E-state index is 10.9. The van der Waals surface area contributed by atoms with Crippen LogP contribution >= 0.6 is 0 Å². The summed E-state index contributed by atoms with van der Waals surface area (Å²) < 4.78 is 19.9. The van der Waals surface area contributed by atoms with Gasteiger partial charge in [-0.15, -0.1) is 0 Å². The smallest absolute Gasteiger partial charge is 0.308 e. The average molecular weight is 232 g/mol. The summed E-state index contributed by atoms with van der Waals surface area (Å²) in [4.78, 5) is 10.9. The number of rotatable bonds is 11. The molecule has 0 aromatic carbocycles. The monoisotopic (exact) mass is 232 g/mol. The number of hydrogen-bond acceptors (Lipinski definition) is 5. The van der Waals surface area contributed by atoms with Gasteiger partial charge in [-0.1, -0.05) is 6.58 Å². The molecule has 0 aliphatic carbocycles. The van der Waals surface area contributed by atoms with Gasteiger partial charge in [0.2, 0.25) is 0 Å². The molecule has 0 saturated heterocycles. The van der Waals surface area contributed by atoms with Crippen LogP contribution in [0.15, 0.2) is 12.8 Å². The van der Waals surface area contributed by atoms with Crippen molar-refractivity contribution >= 4 is 5.97 Å². The molecule has 0 amide bonds. The standard InChI is InChI=1S/C11H20O5/c1-3-13-7-8-15-10-9-14-6-5-11(12)16-4-2/h3H,1,4-10H2,2H3. The van der Waals surface area contributed by atoms with Crippen molar-refractivity contribution < 1.29 is 23.7 Å². The van der Waals surface area contributed by atoms with Crippen LogP contribution in [0.5, 0.6) is 0 Å². The second kappa shape index (κ2) is 12.0. The van der Waals surface area contributed by atoms with Gasteiger partial charge in [-0.05, 0) is 6.92 Å². The highest BCUT2D eigenvalue weighted by Crippen LogP contribution is 1.88. The molecule has 94 valence electrons. The van der Waals surface area contributed by atoms with E-state index in [0.717, 1.165) is 0 Å². The SMILES string of the molecule is C=COCCOCCOCCC(=O)OCC. The molecule has 5 heteroatoms. The molecule has 0 radical (unpaired) electrons. The molecule has 0 spiro atoms. The lowest BCUT2D eigenvalue weighted by Crippen LogP contribution is -2.12. The summed E-state index contributed by atoms with van der Waals surface area (Å²) in [6.07, 6.45) is 1.66. The molecule has 5 nitrogen and oxygen atoms in total. The van der Waals surface area contributed by atoms with Gasteiger partial charge in [-0.2, -0.15) is 0 Å². The second-order valence-electron chi connectivity index (χ2n) is 2.82. The van der Waals surface area contributed by atoms with Gasteiger partial charge in [0.15, 0.2) is 0 Å². The van der Waals surface area contributed by atoms with Crippen molar-refractivity contribution in [1.29, 1.82) is 0 Å². The Morgan fingerprint density at radius 3 is 2.38 bits per heavy atom. The minimum absolute atomic E-state index is 0.234. The summed E-state index contributed by atoms with van der Waals surface area (Å²) in [5.41, 5.74) is 0. The summed E-state index contributed by atoms with van der Waals surface area (Å²) in [5.74, 6) is -0.234. The molecule has 16 heavy (non-hydrogen) atoms. The van der Waals surface area contributed by atoms with Gasteiger partial charge in [0, 0.05) is 0 Å². The lowest BCUT2D eigenvalue weighted by molar-refractivity contribution is -0.144. The zero-order valence-electron chi connectivity index (χ0n) is 9.78. The first-order valence-electron chi connectivity index (χ1n) is 5.34. The van der Waals surface area contributed by atoms with Crippen LogP contribution in [0.4, 0.5) is 0 Å². The lowest BCUT2D eigenvalue weighted by atomic mass is 10.5. The molecular weight excluding hydrogens is 212 g/mol. The topological polar surface area (TPSA) is 54.0 Å². The molecule has 0 unspecified atom stereocenters. The highest BCUT2D eigenvalue weighted by Gasteiger charge is 2.00. The van der Waals surface area contributed by atoms with Gasteiger partial charge in [-0.25, -0.2) is 0 Å². The van der Waals surface area contributed by atoms with Gasteiger partial charge in [-0.3, -0.25) is 4.79 Å². The third-order valence-corrected chi connectivity index (χ3v) is 1.59. The Labute approximate surface area is 96.3 Å². The number of ether oxygens (including phenoxy) is 4. The maximum Gasteiger partial charge on any atom is 0.308 e. The summed E-state index contributed by atoms with van der Waals surface area (Å²) in [7, 11) is 0. The van der Waals surface area contributed by atoms with Crippen LogP contribution in [0.1, 0.15) is 13.3 Å². The minimum Gasteiger partial charge on any atom is -0.499 e. The third-order valence-electron chi connectivity index (χ3n) is 1.59. The van der Waals surface area contributed by atoms with Crippen molar-refractivity contribution in [2.45, 2.75) is 13.3 Å². The predicted octanol–water partition coefficient (Wildman–Crippen LogP) is 1.13. The van der Waals surface area contributed by atoms with Crippen molar-refractivity contribution in [2.24, 2.45) is 0 Å². The Kier molecular flexibility index (Phi) is 11.2. The second-order valence-corrected chi connectivity index (χ2v) is 2.82. The Morgan fingerprint density at radius 2 is 1.75 bits per heavy atom. The maximum absolute atomic E-state index is 10.9. The van der Waals surface area contributed by atoms with Gasteiger partial charge in [0.1, 0.15) is 6.61 Å². The number of carbonyl (C=O) groups is 1. The van der Waals surface area contributed by atoms with Crippen molar-refractivity contribution in [3.63, 3.8) is 0 Å². The first-order chi connectivity index (χ1) is 7.81. The average Bonchev–Trinajstić information content (AvgIpc) is 2.27. The van der Waals surface area contributed by atoms with E-state index in [9.17, 15) is 4.79 Å². The predicted molar refractivity (Wildman–Crippen MR) is 59.0 cm³/mol. The first kappa shape index (κ1) is 14.9. The summed E-state index contributed by atoms with van der Waals surface area (Å²) in [5, 5.41) is 0. The van der Waals surface area contributed by atoms with Crippen LogP contribution in [-0.2, 0) is 23.7 Å². The molecule has 0 aliphatic rings. The zero-order valence-corrected chi connectivity index (χ0v) is 9.78. The summed E-state index contributed by atoms with van der Waals surface area (Å²) in [6, 6.07) is 0. The van der Waals surface area contributed by atoms with Crippen LogP contribution < -0.4 is 0 Å². The number of hydrogen-bond donors (Lipinski definition) is 0. The molecule has 0 rings (SSSR count). The van der Waals surface area contributed by atoms with Crippen LogP contribution in [0.2, 0.25) is 0 Å².